The molecule has 3 aliphatic rings. The molecule has 0 spiro atoms. The van der Waals surface area contributed by atoms with E-state index in [9.17, 15) is 9.59 Å². The highest BCUT2D eigenvalue weighted by Crippen LogP contribution is 2.31. The van der Waals surface area contributed by atoms with Crippen molar-refractivity contribution < 1.29 is 9.59 Å². The lowest BCUT2D eigenvalue weighted by Crippen LogP contribution is -2.50. The van der Waals surface area contributed by atoms with Crippen molar-refractivity contribution in [3.8, 4) is 0 Å². The maximum atomic E-state index is 12.7. The number of hydrogen-bond donors (Lipinski definition) is 2. The molecule has 9 heterocycles. The molecule has 0 aromatic carbocycles. The van der Waals surface area contributed by atoms with Crippen molar-refractivity contribution in [1.82, 2.24) is 58.6 Å². The molecule has 0 saturated carbocycles. The molecule has 9 rings (SSSR count). The van der Waals surface area contributed by atoms with E-state index in [0.29, 0.717) is 24.0 Å². The largest absolute Gasteiger partial charge is 0.346 e. The Bertz CT molecular complexity index is 2110. The Morgan fingerprint density at radius 2 is 1.18 bits per heavy atom. The number of alkyl halides is 1. The number of carbonyl (C=O) groups excluding carboxylic acids is 2. The molecule has 0 unspecified atom stereocenters. The third-order valence-electron chi connectivity index (χ3n) is 10.7. The van der Waals surface area contributed by atoms with E-state index >= 15 is 0 Å². The molecule has 15 heteroatoms. The Morgan fingerprint density at radius 3 is 1.66 bits per heavy atom. The van der Waals surface area contributed by atoms with Crippen LogP contribution < -0.4 is 0 Å². The molecule has 3 aliphatic heterocycles. The number of aromatic amines is 2. The van der Waals surface area contributed by atoms with Crippen molar-refractivity contribution in [1.29, 1.82) is 0 Å². The van der Waals surface area contributed by atoms with Crippen molar-refractivity contribution in [2.24, 2.45) is 0 Å². The quantitative estimate of drug-likeness (QED) is 0.255. The maximum Gasteiger partial charge on any atom is 0.236 e. The summed E-state index contributed by atoms with van der Waals surface area (Å²) < 4.78 is 4.54. The number of likely N-dealkylation sites (tertiary alicyclic amines) is 2. The van der Waals surface area contributed by atoms with Crippen LogP contribution >= 0.6 is 15.9 Å². The smallest absolute Gasteiger partial charge is 0.236 e. The number of carbonyl (C=O) groups is 2. The highest BCUT2D eigenvalue weighted by Gasteiger charge is 2.28. The normalized spacial score (nSPS) is 18.8. The average Bonchev–Trinajstić information content (AvgIpc) is 3.98. The molecule has 14 nitrogen and oxygen atoms in total. The molecule has 0 atom stereocenters. The zero-order chi connectivity index (χ0) is 34.2. The number of halogens is 1. The first-order valence-corrected chi connectivity index (χ1v) is 18.7. The molecule has 2 N–H and O–H groups in total. The number of imidazole rings is 2. The summed E-state index contributed by atoms with van der Waals surface area (Å²) in [5.41, 5.74) is 5.92. The number of amides is 2. The predicted molar refractivity (Wildman–Crippen MR) is 196 cm³/mol. The fraction of sp³-hybridized carbons (Fsp3) is 0.486. The number of pyridine rings is 2. The van der Waals surface area contributed by atoms with E-state index in [4.69, 9.17) is 0 Å². The summed E-state index contributed by atoms with van der Waals surface area (Å²) in [7, 11) is 2.14. The zero-order valence-corrected chi connectivity index (χ0v) is 29.9. The monoisotopic (exact) mass is 742 g/mol. The van der Waals surface area contributed by atoms with Gasteiger partial charge in [-0.3, -0.25) is 14.5 Å². The number of fused-ring (bicyclic) bond motifs is 6. The summed E-state index contributed by atoms with van der Waals surface area (Å²) in [6.45, 7) is 7.86. The van der Waals surface area contributed by atoms with Gasteiger partial charge in [0.05, 0.1) is 48.0 Å². The minimum atomic E-state index is 0.172. The lowest BCUT2D eigenvalue weighted by atomic mass is 10.0. The standard InChI is InChI=1S/C20H27N7O.C15H16BrN5O/c1-24-8-10-25(11-9-24)13-18(28)26-6-3-15(4-7-26)27-14-23-17-12-22-20-16(19(17)27)2-5-21-20;16-7-13(22)20-5-2-10(3-6-20)21-9-19-12-8-18-15-11(14(12)21)1-4-17-15/h2,5,12,14-15H,3-4,6-11,13H2,1H3,(H,21,22);1,4,8-10H,2-3,5-7H2,(H,17,18). The van der Waals surface area contributed by atoms with Gasteiger partial charge in [0, 0.05) is 87.6 Å². The summed E-state index contributed by atoms with van der Waals surface area (Å²) in [6.07, 6.45) is 15.2. The van der Waals surface area contributed by atoms with Gasteiger partial charge in [-0.2, -0.15) is 0 Å². The molecule has 0 aliphatic carbocycles. The van der Waals surface area contributed by atoms with E-state index in [1.54, 1.807) is 0 Å². The average molecular weight is 744 g/mol. The van der Waals surface area contributed by atoms with E-state index in [1.807, 2.05) is 53.3 Å². The van der Waals surface area contributed by atoms with E-state index < -0.39 is 0 Å². The summed E-state index contributed by atoms with van der Waals surface area (Å²) in [5.74, 6) is 0.446. The second-order valence-electron chi connectivity index (χ2n) is 13.7. The van der Waals surface area contributed by atoms with Crippen LogP contribution in [-0.2, 0) is 9.59 Å². The number of rotatable bonds is 5. The van der Waals surface area contributed by atoms with Crippen LogP contribution in [0.25, 0.3) is 44.1 Å². The van der Waals surface area contributed by atoms with Gasteiger partial charge in [-0.25, -0.2) is 19.9 Å². The number of aromatic nitrogens is 8. The lowest BCUT2D eigenvalue weighted by Gasteiger charge is -2.36. The summed E-state index contributed by atoms with van der Waals surface area (Å²) in [5, 5.41) is 2.62. The zero-order valence-electron chi connectivity index (χ0n) is 28.3. The van der Waals surface area contributed by atoms with Crippen molar-refractivity contribution in [2.75, 3.05) is 71.3 Å². The Balaban J connectivity index is 0.000000149. The van der Waals surface area contributed by atoms with Crippen LogP contribution in [0, 0.1) is 0 Å². The molecule has 0 bridgehead atoms. The van der Waals surface area contributed by atoms with Gasteiger partial charge in [-0.1, -0.05) is 15.9 Å². The molecule has 0 radical (unpaired) electrons. The molecular formula is C35H43BrN12O2. The first-order valence-electron chi connectivity index (χ1n) is 17.6. The Labute approximate surface area is 298 Å². The van der Waals surface area contributed by atoms with E-state index in [0.717, 1.165) is 122 Å². The highest BCUT2D eigenvalue weighted by molar-refractivity contribution is 9.09. The van der Waals surface area contributed by atoms with Crippen molar-refractivity contribution in [2.45, 2.75) is 37.8 Å². The summed E-state index contributed by atoms with van der Waals surface area (Å²) >= 11 is 3.24. The summed E-state index contributed by atoms with van der Waals surface area (Å²) in [6, 6.07) is 4.87. The van der Waals surface area contributed by atoms with Crippen molar-refractivity contribution in [3.05, 3.63) is 49.6 Å². The van der Waals surface area contributed by atoms with E-state index in [2.05, 4.69) is 77.9 Å². The topological polar surface area (TPSA) is 140 Å². The number of piperidine rings is 2. The third-order valence-corrected chi connectivity index (χ3v) is 11.2. The van der Waals surface area contributed by atoms with Crippen LogP contribution in [-0.4, -0.2) is 142 Å². The van der Waals surface area contributed by atoms with Crippen molar-refractivity contribution >= 4 is 71.9 Å². The number of likely N-dealkylation sites (N-methyl/N-ethyl adjacent to an activating group) is 1. The Hall–Kier alpha value is -4.34. The molecule has 3 fully saturated rings. The van der Waals surface area contributed by atoms with Gasteiger partial charge >= 0.3 is 0 Å². The molecular weight excluding hydrogens is 700 g/mol. The van der Waals surface area contributed by atoms with Crippen LogP contribution in [0.1, 0.15) is 37.8 Å². The van der Waals surface area contributed by atoms with Crippen LogP contribution in [0.4, 0.5) is 0 Å². The minimum Gasteiger partial charge on any atom is -0.346 e. The predicted octanol–water partition coefficient (Wildman–Crippen LogP) is 3.79. The molecule has 262 valence electrons. The highest BCUT2D eigenvalue weighted by atomic mass is 79.9. The molecule has 2 amide bonds. The molecule has 50 heavy (non-hydrogen) atoms. The van der Waals surface area contributed by atoms with E-state index in [1.165, 1.54) is 0 Å². The SMILES string of the molecule is CN1CCN(CC(=O)N2CCC(n3cnc4cnc5[nH]ccc5c43)CC2)CC1.O=C(CBr)N1CCC(n2cnc3cnc4[nH]ccc4c32)CC1. The van der Waals surface area contributed by atoms with Gasteiger partial charge in [-0.05, 0) is 44.9 Å². The Kier molecular flexibility index (Phi) is 9.27. The fourth-order valence-corrected chi connectivity index (χ4v) is 8.14. The lowest BCUT2D eigenvalue weighted by molar-refractivity contribution is -0.134. The summed E-state index contributed by atoms with van der Waals surface area (Å²) in [4.78, 5) is 57.3. The number of H-pyrrole nitrogens is 2. The van der Waals surface area contributed by atoms with Crippen LogP contribution in [0.5, 0.6) is 0 Å². The van der Waals surface area contributed by atoms with Gasteiger partial charge in [0.1, 0.15) is 22.3 Å². The molecule has 6 aromatic heterocycles. The second kappa shape index (κ2) is 14.1. The second-order valence-corrected chi connectivity index (χ2v) is 14.3. The molecule has 6 aromatic rings. The van der Waals surface area contributed by atoms with Gasteiger partial charge in [0.15, 0.2) is 0 Å². The van der Waals surface area contributed by atoms with Crippen LogP contribution in [0.15, 0.2) is 49.6 Å². The number of hydrogen-bond acceptors (Lipinski definition) is 8. The third kappa shape index (κ3) is 6.37. The van der Waals surface area contributed by atoms with E-state index in [-0.39, 0.29) is 11.8 Å². The van der Waals surface area contributed by atoms with Gasteiger partial charge in [0.25, 0.3) is 0 Å². The van der Waals surface area contributed by atoms with Gasteiger partial charge in [0.2, 0.25) is 11.8 Å². The first-order chi connectivity index (χ1) is 24.5. The fourth-order valence-electron chi connectivity index (χ4n) is 7.78. The molecule has 3 saturated heterocycles. The minimum absolute atomic E-state index is 0.172. The first kappa shape index (κ1) is 32.8. The van der Waals surface area contributed by atoms with Gasteiger partial charge in [-0.15, -0.1) is 0 Å². The van der Waals surface area contributed by atoms with Crippen LogP contribution in [0.2, 0.25) is 0 Å². The van der Waals surface area contributed by atoms with Crippen molar-refractivity contribution in [3.63, 3.8) is 0 Å². The maximum absolute atomic E-state index is 12.7. The number of nitrogens with zero attached hydrogens (tertiary/aromatic N) is 10. The van der Waals surface area contributed by atoms with Crippen LogP contribution in [0.3, 0.4) is 0 Å². The Morgan fingerprint density at radius 1 is 0.700 bits per heavy atom. The number of piperazine rings is 1. The number of nitrogens with one attached hydrogen (secondary N) is 2. The van der Waals surface area contributed by atoms with Gasteiger partial charge < -0.3 is 33.8 Å².